The minimum absolute atomic E-state index is 0.0448. The highest BCUT2D eigenvalue weighted by Gasteiger charge is 2.30. The quantitative estimate of drug-likeness (QED) is 0.729. The molecule has 1 N–H and O–H groups in total. The van der Waals surface area contributed by atoms with E-state index in [0.717, 1.165) is 0 Å². The van der Waals surface area contributed by atoms with Gasteiger partial charge in [0.25, 0.3) is 5.91 Å². The first-order chi connectivity index (χ1) is 13.2. The standard InChI is InChI=1S/C22H32N2O4/c1-14(2)15(3)23-21(26)18-9-11-24(12-10-18)22(27)17(5)28-20-8-6-7-19(13-20)16(4)25/h6-8,13-15,17-18H,9-12H2,1-5H3,(H,23,26). The molecule has 0 bridgehead atoms. The van der Waals surface area contributed by atoms with Crippen LogP contribution in [-0.4, -0.2) is 47.7 Å². The monoisotopic (exact) mass is 388 g/mol. The summed E-state index contributed by atoms with van der Waals surface area (Å²) in [6.07, 6.45) is 0.678. The van der Waals surface area contributed by atoms with Gasteiger partial charge in [-0.3, -0.25) is 14.4 Å². The predicted octanol–water partition coefficient (Wildman–Crippen LogP) is 3.06. The normalized spacial score (nSPS) is 17.1. The van der Waals surface area contributed by atoms with E-state index in [1.807, 2.05) is 6.92 Å². The van der Waals surface area contributed by atoms with Crippen molar-refractivity contribution in [2.45, 2.75) is 59.6 Å². The Morgan fingerprint density at radius 2 is 1.75 bits per heavy atom. The van der Waals surface area contributed by atoms with Crippen LogP contribution in [0.2, 0.25) is 0 Å². The Hall–Kier alpha value is -2.37. The van der Waals surface area contributed by atoms with Crippen LogP contribution in [0.3, 0.4) is 0 Å². The van der Waals surface area contributed by atoms with Gasteiger partial charge in [0.05, 0.1) is 0 Å². The second-order valence-corrected chi connectivity index (χ2v) is 7.98. The van der Waals surface area contributed by atoms with Crippen LogP contribution in [0.4, 0.5) is 0 Å². The number of rotatable bonds is 7. The summed E-state index contributed by atoms with van der Waals surface area (Å²) in [6.45, 7) is 10.5. The molecular formula is C22H32N2O4. The molecule has 6 nitrogen and oxygen atoms in total. The second-order valence-electron chi connectivity index (χ2n) is 7.98. The van der Waals surface area contributed by atoms with Crippen molar-refractivity contribution < 1.29 is 19.1 Å². The molecule has 0 aromatic heterocycles. The Morgan fingerprint density at radius 1 is 1.11 bits per heavy atom. The summed E-state index contributed by atoms with van der Waals surface area (Å²) >= 11 is 0. The van der Waals surface area contributed by atoms with Gasteiger partial charge in [-0.25, -0.2) is 0 Å². The lowest BCUT2D eigenvalue weighted by Crippen LogP contribution is -2.48. The summed E-state index contributed by atoms with van der Waals surface area (Å²) in [7, 11) is 0. The Kier molecular flexibility index (Phi) is 7.61. The maximum atomic E-state index is 12.7. The molecule has 1 heterocycles. The van der Waals surface area contributed by atoms with Crippen LogP contribution in [0.5, 0.6) is 5.75 Å². The molecule has 28 heavy (non-hydrogen) atoms. The zero-order valence-electron chi connectivity index (χ0n) is 17.5. The fraction of sp³-hybridized carbons (Fsp3) is 0.591. The molecule has 154 valence electrons. The number of likely N-dealkylation sites (tertiary alicyclic amines) is 1. The van der Waals surface area contributed by atoms with Gasteiger partial charge in [0, 0.05) is 30.6 Å². The minimum Gasteiger partial charge on any atom is -0.481 e. The lowest BCUT2D eigenvalue weighted by molar-refractivity contribution is -0.141. The average molecular weight is 389 g/mol. The van der Waals surface area contributed by atoms with E-state index >= 15 is 0 Å². The molecule has 0 aliphatic carbocycles. The lowest BCUT2D eigenvalue weighted by Gasteiger charge is -2.33. The van der Waals surface area contributed by atoms with Gasteiger partial charge in [0.2, 0.25) is 5.91 Å². The molecule has 2 atom stereocenters. The minimum atomic E-state index is -0.645. The van der Waals surface area contributed by atoms with Gasteiger partial charge in [-0.1, -0.05) is 26.0 Å². The first kappa shape index (κ1) is 21.9. The number of amides is 2. The SMILES string of the molecule is CC(=O)c1cccc(OC(C)C(=O)N2CCC(C(=O)NC(C)C(C)C)CC2)c1. The molecule has 1 aliphatic rings. The summed E-state index contributed by atoms with van der Waals surface area (Å²) in [5.74, 6) is 0.794. The highest BCUT2D eigenvalue weighted by Crippen LogP contribution is 2.21. The number of carbonyl (C=O) groups is 3. The highest BCUT2D eigenvalue weighted by molar-refractivity contribution is 5.94. The van der Waals surface area contributed by atoms with Crippen LogP contribution in [-0.2, 0) is 9.59 Å². The van der Waals surface area contributed by atoms with Crippen molar-refractivity contribution in [1.29, 1.82) is 0 Å². The van der Waals surface area contributed by atoms with E-state index in [4.69, 9.17) is 4.74 Å². The average Bonchev–Trinajstić information content (AvgIpc) is 2.67. The molecule has 1 fully saturated rings. The van der Waals surface area contributed by atoms with Crippen LogP contribution in [0.1, 0.15) is 57.8 Å². The number of benzene rings is 1. The van der Waals surface area contributed by atoms with Crippen molar-refractivity contribution in [3.63, 3.8) is 0 Å². The van der Waals surface area contributed by atoms with Gasteiger partial charge in [0.15, 0.2) is 11.9 Å². The van der Waals surface area contributed by atoms with Gasteiger partial charge < -0.3 is 15.0 Å². The molecule has 1 aromatic rings. The van der Waals surface area contributed by atoms with Crippen molar-refractivity contribution in [3.05, 3.63) is 29.8 Å². The van der Waals surface area contributed by atoms with Crippen LogP contribution in [0.15, 0.2) is 24.3 Å². The molecular weight excluding hydrogens is 356 g/mol. The third-order valence-electron chi connectivity index (χ3n) is 5.45. The molecule has 1 aliphatic heterocycles. The van der Waals surface area contributed by atoms with Crippen LogP contribution < -0.4 is 10.1 Å². The summed E-state index contributed by atoms with van der Waals surface area (Å²) in [4.78, 5) is 38.3. The summed E-state index contributed by atoms with van der Waals surface area (Å²) in [5.41, 5.74) is 0.555. The van der Waals surface area contributed by atoms with E-state index in [-0.39, 0.29) is 29.6 Å². The Balaban J connectivity index is 1.86. The van der Waals surface area contributed by atoms with Gasteiger partial charge in [-0.15, -0.1) is 0 Å². The van der Waals surface area contributed by atoms with E-state index in [2.05, 4.69) is 19.2 Å². The third kappa shape index (κ3) is 5.81. The van der Waals surface area contributed by atoms with Crippen molar-refractivity contribution in [2.75, 3.05) is 13.1 Å². The van der Waals surface area contributed by atoms with Crippen LogP contribution in [0, 0.1) is 11.8 Å². The largest absolute Gasteiger partial charge is 0.481 e. The number of carbonyl (C=O) groups excluding carboxylic acids is 3. The molecule has 0 spiro atoms. The Bertz CT molecular complexity index is 708. The highest BCUT2D eigenvalue weighted by atomic mass is 16.5. The van der Waals surface area contributed by atoms with Gasteiger partial charge in [-0.05, 0) is 51.7 Å². The van der Waals surface area contributed by atoms with Crippen LogP contribution >= 0.6 is 0 Å². The van der Waals surface area contributed by atoms with Crippen molar-refractivity contribution >= 4 is 17.6 Å². The lowest BCUT2D eigenvalue weighted by atomic mass is 9.94. The number of Topliss-reactive ketones (excluding diaryl/α,β-unsaturated/α-hetero) is 1. The number of nitrogens with one attached hydrogen (secondary N) is 1. The fourth-order valence-corrected chi connectivity index (χ4v) is 3.17. The third-order valence-corrected chi connectivity index (χ3v) is 5.45. The number of hydrogen-bond donors (Lipinski definition) is 1. The maximum absolute atomic E-state index is 12.7. The molecule has 2 rings (SSSR count). The van der Waals surface area contributed by atoms with Gasteiger partial charge in [0.1, 0.15) is 5.75 Å². The number of ketones is 1. The van der Waals surface area contributed by atoms with E-state index < -0.39 is 6.10 Å². The number of nitrogens with zero attached hydrogens (tertiary/aromatic N) is 1. The number of hydrogen-bond acceptors (Lipinski definition) is 4. The molecule has 1 aromatic carbocycles. The predicted molar refractivity (Wildman–Crippen MR) is 108 cm³/mol. The van der Waals surface area contributed by atoms with Crippen molar-refractivity contribution in [2.24, 2.45) is 11.8 Å². The molecule has 0 saturated carbocycles. The van der Waals surface area contributed by atoms with E-state index in [9.17, 15) is 14.4 Å². The van der Waals surface area contributed by atoms with E-state index in [0.29, 0.717) is 43.2 Å². The second kappa shape index (κ2) is 9.71. The van der Waals surface area contributed by atoms with Gasteiger partial charge >= 0.3 is 0 Å². The fourth-order valence-electron chi connectivity index (χ4n) is 3.17. The van der Waals surface area contributed by atoms with E-state index in [1.165, 1.54) is 6.92 Å². The first-order valence-electron chi connectivity index (χ1n) is 10.1. The van der Waals surface area contributed by atoms with E-state index in [1.54, 1.807) is 36.1 Å². The van der Waals surface area contributed by atoms with Gasteiger partial charge in [-0.2, -0.15) is 0 Å². The number of piperidine rings is 1. The smallest absolute Gasteiger partial charge is 0.263 e. The molecule has 2 unspecified atom stereocenters. The maximum Gasteiger partial charge on any atom is 0.263 e. The van der Waals surface area contributed by atoms with Crippen LogP contribution in [0.25, 0.3) is 0 Å². The Labute approximate surface area is 167 Å². The zero-order valence-corrected chi connectivity index (χ0v) is 17.5. The number of ether oxygens (including phenoxy) is 1. The molecule has 6 heteroatoms. The summed E-state index contributed by atoms with van der Waals surface area (Å²) in [6, 6.07) is 7.00. The summed E-state index contributed by atoms with van der Waals surface area (Å²) in [5, 5.41) is 3.07. The van der Waals surface area contributed by atoms with Crippen molar-refractivity contribution in [3.8, 4) is 5.75 Å². The molecule has 1 saturated heterocycles. The van der Waals surface area contributed by atoms with Crippen molar-refractivity contribution in [1.82, 2.24) is 10.2 Å². The Morgan fingerprint density at radius 3 is 2.32 bits per heavy atom. The molecule has 2 amide bonds. The zero-order chi connectivity index (χ0) is 20.8. The molecule has 0 radical (unpaired) electrons. The topological polar surface area (TPSA) is 75.7 Å². The summed E-state index contributed by atoms with van der Waals surface area (Å²) < 4.78 is 5.75. The first-order valence-corrected chi connectivity index (χ1v) is 10.1.